The van der Waals surface area contributed by atoms with Crippen molar-refractivity contribution in [1.82, 2.24) is 21.1 Å². The van der Waals surface area contributed by atoms with Crippen molar-refractivity contribution in [2.75, 3.05) is 6.54 Å². The average molecular weight is 455 g/mol. The molecule has 1 saturated heterocycles. The first kappa shape index (κ1) is 22.5. The van der Waals surface area contributed by atoms with Crippen LogP contribution in [0, 0.1) is 0 Å². The Morgan fingerprint density at radius 2 is 1.78 bits per heavy atom. The summed E-state index contributed by atoms with van der Waals surface area (Å²) < 4.78 is 0. The van der Waals surface area contributed by atoms with Gasteiger partial charge in [0.05, 0.1) is 12.6 Å². The van der Waals surface area contributed by atoms with Crippen LogP contribution in [0.15, 0.2) is 41.8 Å². The van der Waals surface area contributed by atoms with Crippen molar-refractivity contribution in [2.45, 2.75) is 63.5 Å². The smallest absolute Gasteiger partial charge is 0.322 e. The van der Waals surface area contributed by atoms with Crippen LogP contribution in [0.4, 0.5) is 4.79 Å². The van der Waals surface area contributed by atoms with Gasteiger partial charge in [0.15, 0.2) is 0 Å². The zero-order chi connectivity index (χ0) is 22.7. The molecule has 3 N–H and O–H groups in total. The van der Waals surface area contributed by atoms with Gasteiger partial charge in [-0.05, 0) is 41.3 Å². The van der Waals surface area contributed by atoms with Crippen molar-refractivity contribution < 1.29 is 14.4 Å². The molecule has 1 aliphatic heterocycles. The van der Waals surface area contributed by atoms with E-state index in [2.05, 4.69) is 54.2 Å². The Bertz CT molecular complexity index is 966. The molecule has 1 saturated carbocycles. The average Bonchev–Trinajstić information content (AvgIpc) is 3.39. The van der Waals surface area contributed by atoms with E-state index in [0.717, 1.165) is 34.7 Å². The van der Waals surface area contributed by atoms with Crippen molar-refractivity contribution in [2.24, 2.45) is 0 Å². The minimum Gasteiger partial charge on any atom is -0.322 e. The molecule has 1 unspecified atom stereocenters. The Labute approximate surface area is 192 Å². The Morgan fingerprint density at radius 3 is 2.41 bits per heavy atom. The number of benzene rings is 1. The van der Waals surface area contributed by atoms with Gasteiger partial charge in [-0.1, -0.05) is 63.4 Å². The van der Waals surface area contributed by atoms with E-state index in [1.54, 1.807) is 11.3 Å². The van der Waals surface area contributed by atoms with Gasteiger partial charge in [0.1, 0.15) is 5.54 Å². The summed E-state index contributed by atoms with van der Waals surface area (Å²) in [5.41, 5.74) is 3.96. The molecule has 2 aromatic rings. The number of carbonyl (C=O) groups excluding carboxylic acids is 3. The molecule has 1 spiro atoms. The number of thiophene rings is 1. The van der Waals surface area contributed by atoms with E-state index in [4.69, 9.17) is 0 Å². The van der Waals surface area contributed by atoms with Crippen LogP contribution in [0.1, 0.15) is 73.9 Å². The lowest BCUT2D eigenvalue weighted by Crippen LogP contribution is -2.52. The summed E-state index contributed by atoms with van der Waals surface area (Å²) >= 11 is 1.61. The third kappa shape index (κ3) is 4.56. The molecule has 1 aliphatic carbocycles. The third-order valence-electron chi connectivity index (χ3n) is 6.34. The molecule has 32 heavy (non-hydrogen) atoms. The van der Waals surface area contributed by atoms with E-state index in [9.17, 15) is 14.4 Å². The zero-order valence-corrected chi connectivity index (χ0v) is 19.3. The number of hydrazine groups is 1. The van der Waals surface area contributed by atoms with Gasteiger partial charge < -0.3 is 5.32 Å². The molecule has 7 nitrogen and oxygen atoms in total. The largest absolute Gasteiger partial charge is 0.344 e. The van der Waals surface area contributed by atoms with Crippen LogP contribution in [0.2, 0.25) is 0 Å². The molecule has 0 bridgehead atoms. The highest BCUT2D eigenvalue weighted by Crippen LogP contribution is 2.33. The summed E-state index contributed by atoms with van der Waals surface area (Å²) in [4.78, 5) is 39.0. The van der Waals surface area contributed by atoms with Gasteiger partial charge in [-0.25, -0.2) is 4.79 Å². The standard InChI is InChI=1S/C24H30N4O3S/c1-16(2)17-8-10-18(11-9-17)21(19-7-6-14-32-19)25-15-20(29)27-28-22(30)24(26-23(28)31)12-4-3-5-13-24/h6-11,14,16,21,25H,3-5,12-13,15H2,1-2H3,(H,26,31)(H,27,29). The van der Waals surface area contributed by atoms with E-state index in [1.807, 2.05) is 17.5 Å². The maximum Gasteiger partial charge on any atom is 0.344 e. The molecule has 1 atom stereocenters. The molecule has 2 aliphatic rings. The van der Waals surface area contributed by atoms with Gasteiger partial charge in [0.2, 0.25) is 0 Å². The van der Waals surface area contributed by atoms with Crippen molar-refractivity contribution in [3.05, 3.63) is 57.8 Å². The number of carbonyl (C=O) groups is 3. The molecular weight excluding hydrogens is 424 g/mol. The monoisotopic (exact) mass is 454 g/mol. The van der Waals surface area contributed by atoms with Crippen molar-refractivity contribution in [1.29, 1.82) is 0 Å². The highest BCUT2D eigenvalue weighted by molar-refractivity contribution is 7.10. The summed E-state index contributed by atoms with van der Waals surface area (Å²) in [6.07, 6.45) is 4.09. The zero-order valence-electron chi connectivity index (χ0n) is 18.5. The molecule has 1 aromatic carbocycles. The molecule has 2 heterocycles. The molecular formula is C24H30N4O3S. The number of nitrogens with zero attached hydrogens (tertiary/aromatic N) is 1. The summed E-state index contributed by atoms with van der Waals surface area (Å²) in [5, 5.41) is 8.95. The molecule has 0 radical (unpaired) electrons. The van der Waals surface area contributed by atoms with E-state index >= 15 is 0 Å². The van der Waals surface area contributed by atoms with Crippen molar-refractivity contribution in [3.8, 4) is 0 Å². The number of rotatable bonds is 7. The quantitative estimate of drug-likeness (QED) is 0.555. The van der Waals surface area contributed by atoms with Crippen LogP contribution in [0.25, 0.3) is 0 Å². The van der Waals surface area contributed by atoms with Crippen LogP contribution in [0.5, 0.6) is 0 Å². The van der Waals surface area contributed by atoms with Crippen LogP contribution >= 0.6 is 11.3 Å². The van der Waals surface area contributed by atoms with Gasteiger partial charge in [0, 0.05) is 4.88 Å². The highest BCUT2D eigenvalue weighted by atomic mass is 32.1. The normalized spacial score (nSPS) is 18.8. The topological polar surface area (TPSA) is 90.5 Å². The Kier molecular flexibility index (Phi) is 6.62. The minimum atomic E-state index is -0.853. The van der Waals surface area contributed by atoms with Crippen LogP contribution in [-0.4, -0.2) is 34.9 Å². The number of nitrogens with one attached hydrogen (secondary N) is 3. The first-order valence-corrected chi connectivity index (χ1v) is 12.1. The Hall–Kier alpha value is -2.71. The maximum absolute atomic E-state index is 12.9. The maximum atomic E-state index is 12.9. The molecule has 170 valence electrons. The molecule has 2 fully saturated rings. The van der Waals surface area contributed by atoms with E-state index in [-0.39, 0.29) is 18.5 Å². The predicted molar refractivity (Wildman–Crippen MR) is 124 cm³/mol. The number of hydrogen-bond donors (Lipinski definition) is 3. The summed E-state index contributed by atoms with van der Waals surface area (Å²) in [6, 6.07) is 11.7. The number of imide groups is 1. The highest BCUT2D eigenvalue weighted by Gasteiger charge is 2.52. The number of urea groups is 1. The lowest BCUT2D eigenvalue weighted by Gasteiger charge is -2.30. The van der Waals surface area contributed by atoms with Crippen molar-refractivity contribution in [3.63, 3.8) is 0 Å². The van der Waals surface area contributed by atoms with Crippen molar-refractivity contribution >= 4 is 29.2 Å². The van der Waals surface area contributed by atoms with Crippen LogP contribution in [-0.2, 0) is 9.59 Å². The lowest BCUT2D eigenvalue weighted by atomic mass is 9.82. The second kappa shape index (κ2) is 9.42. The molecule has 4 rings (SSSR count). The predicted octanol–water partition coefficient (Wildman–Crippen LogP) is 3.84. The molecule has 4 amide bonds. The fourth-order valence-corrected chi connectivity index (χ4v) is 5.31. The molecule has 1 aromatic heterocycles. The second-order valence-electron chi connectivity index (χ2n) is 8.90. The lowest BCUT2D eigenvalue weighted by molar-refractivity contribution is -0.139. The SMILES string of the molecule is CC(C)c1ccc(C(NCC(=O)NN2C(=O)NC3(CCCCC3)C2=O)c2cccs2)cc1. The summed E-state index contributed by atoms with van der Waals surface area (Å²) in [5.74, 6) is -0.337. The van der Waals surface area contributed by atoms with Crippen LogP contribution in [0.3, 0.4) is 0 Å². The summed E-state index contributed by atoms with van der Waals surface area (Å²) in [7, 11) is 0. The molecule has 8 heteroatoms. The number of hydrogen-bond acceptors (Lipinski definition) is 5. The van der Waals surface area contributed by atoms with Crippen LogP contribution < -0.4 is 16.1 Å². The fourth-order valence-electron chi connectivity index (χ4n) is 4.49. The van der Waals surface area contributed by atoms with E-state index < -0.39 is 17.5 Å². The second-order valence-corrected chi connectivity index (χ2v) is 9.88. The van der Waals surface area contributed by atoms with E-state index in [0.29, 0.717) is 18.8 Å². The number of amides is 4. The first-order valence-electron chi connectivity index (χ1n) is 11.2. The minimum absolute atomic E-state index is 0.0292. The fraction of sp³-hybridized carbons (Fsp3) is 0.458. The van der Waals surface area contributed by atoms with Gasteiger partial charge in [-0.15, -0.1) is 11.3 Å². The van der Waals surface area contributed by atoms with Gasteiger partial charge in [-0.3, -0.25) is 20.3 Å². The van der Waals surface area contributed by atoms with Gasteiger partial charge >= 0.3 is 6.03 Å². The van der Waals surface area contributed by atoms with E-state index in [1.165, 1.54) is 5.56 Å². The van der Waals surface area contributed by atoms with Gasteiger partial charge in [0.25, 0.3) is 11.8 Å². The summed E-state index contributed by atoms with van der Waals surface area (Å²) in [6.45, 7) is 4.28. The van der Waals surface area contributed by atoms with Gasteiger partial charge in [-0.2, -0.15) is 5.01 Å². The Morgan fingerprint density at radius 1 is 1.09 bits per heavy atom. The Balaban J connectivity index is 1.41. The third-order valence-corrected chi connectivity index (χ3v) is 7.27. The first-order chi connectivity index (χ1) is 15.4.